The Morgan fingerprint density at radius 2 is 1.65 bits per heavy atom. The standard InChI is InChI=1S/C26H25F2N3O3/c1-17(2)24(30-25(32)22-5-3-4-6-23(22)28)26(33)31-29-15-18-9-13-21(14-10-18)34-16-19-7-11-20(27)12-8-19/h3-15,17,24H,16H2,1-2H3,(H,30,32)(H,31,33). The van der Waals surface area contributed by atoms with Gasteiger partial charge in [-0.15, -0.1) is 0 Å². The van der Waals surface area contributed by atoms with Gasteiger partial charge in [0.25, 0.3) is 11.8 Å². The highest BCUT2D eigenvalue weighted by Gasteiger charge is 2.25. The van der Waals surface area contributed by atoms with Gasteiger partial charge in [-0.25, -0.2) is 14.2 Å². The first-order valence-corrected chi connectivity index (χ1v) is 10.7. The highest BCUT2D eigenvalue weighted by molar-refractivity contribution is 5.98. The lowest BCUT2D eigenvalue weighted by Gasteiger charge is -2.20. The fraction of sp³-hybridized carbons (Fsp3) is 0.192. The van der Waals surface area contributed by atoms with Gasteiger partial charge >= 0.3 is 0 Å². The number of rotatable bonds is 9. The number of carbonyl (C=O) groups is 2. The van der Waals surface area contributed by atoms with Crippen molar-refractivity contribution in [1.29, 1.82) is 0 Å². The van der Waals surface area contributed by atoms with Crippen molar-refractivity contribution in [2.75, 3.05) is 0 Å². The maximum absolute atomic E-state index is 13.9. The summed E-state index contributed by atoms with van der Waals surface area (Å²) in [6.07, 6.45) is 1.46. The molecule has 0 bridgehead atoms. The van der Waals surface area contributed by atoms with E-state index in [1.54, 1.807) is 56.3 Å². The summed E-state index contributed by atoms with van der Waals surface area (Å²) in [5.74, 6) is -1.77. The van der Waals surface area contributed by atoms with E-state index in [0.717, 1.165) is 5.56 Å². The Labute approximate surface area is 196 Å². The molecule has 0 aromatic heterocycles. The second kappa shape index (κ2) is 11.7. The molecule has 1 unspecified atom stereocenters. The zero-order chi connectivity index (χ0) is 24.5. The molecular formula is C26H25F2N3O3. The van der Waals surface area contributed by atoms with Crippen molar-refractivity contribution in [1.82, 2.24) is 10.7 Å². The van der Waals surface area contributed by atoms with Gasteiger partial charge in [0.2, 0.25) is 0 Å². The normalized spacial score (nSPS) is 11.9. The first-order chi connectivity index (χ1) is 16.3. The van der Waals surface area contributed by atoms with Crippen LogP contribution in [0.4, 0.5) is 8.78 Å². The summed E-state index contributed by atoms with van der Waals surface area (Å²) >= 11 is 0. The van der Waals surface area contributed by atoms with Gasteiger partial charge in [-0.2, -0.15) is 5.10 Å². The van der Waals surface area contributed by atoms with E-state index in [9.17, 15) is 18.4 Å². The number of halogens is 2. The smallest absolute Gasteiger partial charge is 0.262 e. The number of nitrogens with one attached hydrogen (secondary N) is 2. The van der Waals surface area contributed by atoms with Crippen LogP contribution in [0.25, 0.3) is 0 Å². The first kappa shape index (κ1) is 24.6. The molecule has 176 valence electrons. The topological polar surface area (TPSA) is 79.8 Å². The molecule has 0 aliphatic carbocycles. The molecular weight excluding hydrogens is 440 g/mol. The lowest BCUT2D eigenvalue weighted by atomic mass is 10.0. The van der Waals surface area contributed by atoms with E-state index < -0.39 is 23.7 Å². The number of benzene rings is 3. The Kier molecular flexibility index (Phi) is 8.45. The van der Waals surface area contributed by atoms with Crippen molar-refractivity contribution >= 4 is 18.0 Å². The van der Waals surface area contributed by atoms with Gasteiger partial charge in [0, 0.05) is 0 Å². The average molecular weight is 466 g/mol. The zero-order valence-corrected chi connectivity index (χ0v) is 18.8. The Hall–Kier alpha value is -4.07. The summed E-state index contributed by atoms with van der Waals surface area (Å²) in [4.78, 5) is 24.9. The van der Waals surface area contributed by atoms with E-state index in [-0.39, 0.29) is 17.3 Å². The van der Waals surface area contributed by atoms with E-state index in [1.165, 1.54) is 36.5 Å². The Morgan fingerprint density at radius 1 is 0.971 bits per heavy atom. The van der Waals surface area contributed by atoms with Crippen LogP contribution in [0.3, 0.4) is 0 Å². The van der Waals surface area contributed by atoms with Crippen molar-refractivity contribution < 1.29 is 23.1 Å². The van der Waals surface area contributed by atoms with Gasteiger partial charge in [0.05, 0.1) is 11.8 Å². The Morgan fingerprint density at radius 3 is 2.29 bits per heavy atom. The summed E-state index contributed by atoms with van der Waals surface area (Å²) < 4.78 is 32.5. The van der Waals surface area contributed by atoms with Gasteiger partial charge in [-0.1, -0.05) is 38.1 Å². The van der Waals surface area contributed by atoms with E-state index in [1.807, 2.05) is 0 Å². The van der Waals surface area contributed by atoms with Gasteiger partial charge in [0.1, 0.15) is 30.0 Å². The average Bonchev–Trinajstić information content (AvgIpc) is 2.83. The molecule has 3 aromatic carbocycles. The molecule has 0 saturated carbocycles. The fourth-order valence-corrected chi connectivity index (χ4v) is 3.04. The predicted molar refractivity (Wildman–Crippen MR) is 125 cm³/mol. The third kappa shape index (κ3) is 6.96. The van der Waals surface area contributed by atoms with E-state index in [2.05, 4.69) is 15.8 Å². The number of carbonyl (C=O) groups excluding carboxylic acids is 2. The van der Waals surface area contributed by atoms with Crippen LogP contribution in [0.2, 0.25) is 0 Å². The molecule has 0 aliphatic rings. The van der Waals surface area contributed by atoms with Crippen molar-refractivity contribution in [3.8, 4) is 5.75 Å². The van der Waals surface area contributed by atoms with Crippen LogP contribution < -0.4 is 15.5 Å². The lowest BCUT2D eigenvalue weighted by Crippen LogP contribution is -2.48. The molecule has 2 N–H and O–H groups in total. The van der Waals surface area contributed by atoms with E-state index >= 15 is 0 Å². The van der Waals surface area contributed by atoms with Crippen molar-refractivity contribution in [2.24, 2.45) is 11.0 Å². The Balaban J connectivity index is 1.53. The zero-order valence-electron chi connectivity index (χ0n) is 18.8. The quantitative estimate of drug-likeness (QED) is 0.362. The fourth-order valence-electron chi connectivity index (χ4n) is 3.04. The third-order valence-electron chi connectivity index (χ3n) is 4.94. The molecule has 0 saturated heterocycles. The number of nitrogens with zero attached hydrogens (tertiary/aromatic N) is 1. The molecule has 1 atom stereocenters. The maximum atomic E-state index is 13.9. The summed E-state index contributed by atoms with van der Waals surface area (Å²) in [6.45, 7) is 3.83. The minimum atomic E-state index is -0.897. The number of amides is 2. The molecule has 34 heavy (non-hydrogen) atoms. The molecule has 3 aromatic rings. The molecule has 0 radical (unpaired) electrons. The molecule has 8 heteroatoms. The van der Waals surface area contributed by atoms with Crippen LogP contribution in [0, 0.1) is 17.6 Å². The van der Waals surface area contributed by atoms with Crippen LogP contribution in [-0.4, -0.2) is 24.1 Å². The first-order valence-electron chi connectivity index (χ1n) is 10.7. The summed E-state index contributed by atoms with van der Waals surface area (Å²) in [5, 5.41) is 6.51. The second-order valence-electron chi connectivity index (χ2n) is 7.89. The van der Waals surface area contributed by atoms with Crippen LogP contribution in [-0.2, 0) is 11.4 Å². The predicted octanol–water partition coefficient (Wildman–Crippen LogP) is 4.45. The monoisotopic (exact) mass is 465 g/mol. The number of ether oxygens (including phenoxy) is 1. The molecule has 3 rings (SSSR count). The van der Waals surface area contributed by atoms with Crippen molar-refractivity contribution in [2.45, 2.75) is 26.5 Å². The molecule has 0 fully saturated rings. The molecule has 6 nitrogen and oxygen atoms in total. The SMILES string of the molecule is CC(C)C(NC(=O)c1ccccc1F)C(=O)NN=Cc1ccc(OCc2ccc(F)cc2)cc1. The molecule has 0 aliphatic heterocycles. The third-order valence-corrected chi connectivity index (χ3v) is 4.94. The largest absolute Gasteiger partial charge is 0.489 e. The minimum Gasteiger partial charge on any atom is -0.489 e. The highest BCUT2D eigenvalue weighted by Crippen LogP contribution is 2.14. The summed E-state index contributed by atoms with van der Waals surface area (Å²) in [6, 6.07) is 17.7. The molecule has 0 heterocycles. The van der Waals surface area contributed by atoms with Crippen LogP contribution >= 0.6 is 0 Å². The number of hydrazone groups is 1. The highest BCUT2D eigenvalue weighted by atomic mass is 19.1. The van der Waals surface area contributed by atoms with E-state index in [0.29, 0.717) is 17.9 Å². The Bertz CT molecular complexity index is 1150. The van der Waals surface area contributed by atoms with Crippen molar-refractivity contribution in [3.05, 3.63) is 101 Å². The molecule has 0 spiro atoms. The van der Waals surface area contributed by atoms with E-state index in [4.69, 9.17) is 4.74 Å². The lowest BCUT2D eigenvalue weighted by molar-refractivity contribution is -0.123. The second-order valence-corrected chi connectivity index (χ2v) is 7.89. The van der Waals surface area contributed by atoms with Gasteiger partial charge in [-0.3, -0.25) is 9.59 Å². The number of hydrogen-bond acceptors (Lipinski definition) is 4. The number of hydrogen-bond donors (Lipinski definition) is 2. The van der Waals surface area contributed by atoms with Gasteiger partial charge < -0.3 is 10.1 Å². The minimum absolute atomic E-state index is 0.133. The van der Waals surface area contributed by atoms with Gasteiger partial charge in [0.15, 0.2) is 0 Å². The van der Waals surface area contributed by atoms with Crippen LogP contribution in [0.15, 0.2) is 77.9 Å². The summed E-state index contributed by atoms with van der Waals surface area (Å²) in [7, 11) is 0. The van der Waals surface area contributed by atoms with Crippen LogP contribution in [0.5, 0.6) is 5.75 Å². The summed E-state index contributed by atoms with van der Waals surface area (Å²) in [5.41, 5.74) is 3.83. The van der Waals surface area contributed by atoms with Crippen molar-refractivity contribution in [3.63, 3.8) is 0 Å². The maximum Gasteiger partial charge on any atom is 0.262 e. The van der Waals surface area contributed by atoms with Crippen LogP contribution in [0.1, 0.15) is 35.3 Å². The van der Waals surface area contributed by atoms with Gasteiger partial charge in [-0.05, 0) is 65.6 Å². The molecule has 2 amide bonds.